The van der Waals surface area contributed by atoms with Crippen molar-refractivity contribution >= 4 is 23.2 Å². The summed E-state index contributed by atoms with van der Waals surface area (Å²) in [7, 11) is 3.25. The normalized spacial score (nSPS) is 12.0. The van der Waals surface area contributed by atoms with E-state index in [9.17, 15) is 0 Å². The van der Waals surface area contributed by atoms with Crippen LogP contribution in [0.2, 0.25) is 0 Å². The van der Waals surface area contributed by atoms with Crippen molar-refractivity contribution in [2.45, 2.75) is 6.92 Å². The highest BCUT2D eigenvalue weighted by Gasteiger charge is 2.07. The zero-order valence-corrected chi connectivity index (χ0v) is 15.7. The van der Waals surface area contributed by atoms with E-state index < -0.39 is 0 Å². The van der Waals surface area contributed by atoms with Crippen molar-refractivity contribution in [2.24, 2.45) is 9.98 Å². The van der Waals surface area contributed by atoms with Gasteiger partial charge in [-0.1, -0.05) is 42.5 Å². The van der Waals surface area contributed by atoms with E-state index >= 15 is 0 Å². The highest BCUT2D eigenvalue weighted by Crippen LogP contribution is 2.27. The van der Waals surface area contributed by atoms with Gasteiger partial charge in [-0.05, 0) is 48.9 Å². The highest BCUT2D eigenvalue weighted by molar-refractivity contribution is 5.97. The number of hydrogen-bond donors (Lipinski definition) is 0. The summed E-state index contributed by atoms with van der Waals surface area (Å²) < 4.78 is 11.0. The molecule has 0 aliphatic rings. The molecule has 0 radical (unpaired) electrons. The van der Waals surface area contributed by atoms with Crippen molar-refractivity contribution in [3.05, 3.63) is 95.6 Å². The fourth-order valence-corrected chi connectivity index (χ4v) is 2.63. The van der Waals surface area contributed by atoms with Gasteiger partial charge in [0.15, 0.2) is 0 Å². The Balaban J connectivity index is 1.99. The van der Waals surface area contributed by atoms with Gasteiger partial charge in [0.1, 0.15) is 0 Å². The Morgan fingerprint density at radius 1 is 0.667 bits per heavy atom. The number of aryl methyl sites for hydroxylation is 1. The van der Waals surface area contributed by atoms with Crippen LogP contribution in [0.3, 0.4) is 0 Å². The molecule has 136 valence electrons. The third kappa shape index (κ3) is 4.61. The molecule has 0 heterocycles. The quantitative estimate of drug-likeness (QED) is 0.460. The van der Waals surface area contributed by atoms with Crippen molar-refractivity contribution < 1.29 is 9.47 Å². The molecule has 0 aromatic heterocycles. The van der Waals surface area contributed by atoms with Crippen LogP contribution in [0.4, 0.5) is 11.4 Å². The lowest BCUT2D eigenvalue weighted by molar-refractivity contribution is 0.405. The second kappa shape index (κ2) is 8.81. The Morgan fingerprint density at radius 2 is 1.19 bits per heavy atom. The number of aliphatic imine (C=N–C) groups is 2. The third-order valence-electron chi connectivity index (χ3n) is 4.07. The van der Waals surface area contributed by atoms with E-state index in [1.807, 2.05) is 85.8 Å². The molecule has 0 aliphatic carbocycles. The van der Waals surface area contributed by atoms with Crippen LogP contribution < -0.4 is 0 Å². The summed E-state index contributed by atoms with van der Waals surface area (Å²) >= 11 is 0. The largest absolute Gasteiger partial charge is 0.481 e. The minimum Gasteiger partial charge on any atom is -0.481 e. The molecular formula is C23H22N2O2. The molecule has 0 spiro atoms. The first-order valence-corrected chi connectivity index (χ1v) is 8.68. The predicted molar refractivity (Wildman–Crippen MR) is 110 cm³/mol. The molecule has 0 N–H and O–H groups in total. The van der Waals surface area contributed by atoms with Crippen LogP contribution in [-0.4, -0.2) is 26.0 Å². The van der Waals surface area contributed by atoms with E-state index in [0.717, 1.165) is 28.1 Å². The molecule has 3 aromatic rings. The van der Waals surface area contributed by atoms with E-state index in [1.54, 1.807) is 14.2 Å². The average Bonchev–Trinajstić information content (AvgIpc) is 2.73. The van der Waals surface area contributed by atoms with Crippen LogP contribution >= 0.6 is 0 Å². The summed E-state index contributed by atoms with van der Waals surface area (Å²) in [5, 5.41) is 0. The van der Waals surface area contributed by atoms with Gasteiger partial charge in [0.2, 0.25) is 11.8 Å². The second-order valence-electron chi connectivity index (χ2n) is 5.95. The van der Waals surface area contributed by atoms with Crippen LogP contribution in [0.1, 0.15) is 16.7 Å². The summed E-state index contributed by atoms with van der Waals surface area (Å²) in [5.74, 6) is 1.12. The third-order valence-corrected chi connectivity index (χ3v) is 4.07. The average molecular weight is 358 g/mol. The maximum Gasteiger partial charge on any atom is 0.221 e. The molecule has 0 fully saturated rings. The van der Waals surface area contributed by atoms with Gasteiger partial charge in [0.05, 0.1) is 25.6 Å². The number of nitrogens with zero attached hydrogens (tertiary/aromatic N) is 2. The molecular weight excluding hydrogens is 336 g/mol. The van der Waals surface area contributed by atoms with Gasteiger partial charge < -0.3 is 9.47 Å². The van der Waals surface area contributed by atoms with Crippen LogP contribution in [0.5, 0.6) is 0 Å². The van der Waals surface area contributed by atoms with Gasteiger partial charge in [-0.3, -0.25) is 0 Å². The first-order valence-electron chi connectivity index (χ1n) is 8.68. The standard InChI is InChI=1S/C23H22N2O2/c1-17-14-15-20(24-22(26-2)18-10-6-4-7-11-18)16-21(17)25-23(27-3)19-12-8-5-9-13-19/h4-16H,1-3H3/b24-22-,25-23-. The predicted octanol–water partition coefficient (Wildman–Crippen LogP) is 5.44. The van der Waals surface area contributed by atoms with E-state index in [4.69, 9.17) is 14.5 Å². The molecule has 27 heavy (non-hydrogen) atoms. The minimum absolute atomic E-state index is 0.560. The first kappa shape index (κ1) is 18.4. The molecule has 0 bridgehead atoms. The van der Waals surface area contributed by atoms with Gasteiger partial charge >= 0.3 is 0 Å². The summed E-state index contributed by atoms with van der Waals surface area (Å²) in [6.07, 6.45) is 0. The lowest BCUT2D eigenvalue weighted by Gasteiger charge is -2.09. The van der Waals surface area contributed by atoms with Crippen LogP contribution in [-0.2, 0) is 9.47 Å². The van der Waals surface area contributed by atoms with Gasteiger partial charge in [-0.15, -0.1) is 0 Å². The van der Waals surface area contributed by atoms with E-state index in [2.05, 4.69) is 4.99 Å². The minimum atomic E-state index is 0.560. The molecule has 4 nitrogen and oxygen atoms in total. The molecule has 0 atom stereocenters. The molecule has 0 aliphatic heterocycles. The molecule has 0 saturated heterocycles. The molecule has 0 amide bonds. The summed E-state index contributed by atoms with van der Waals surface area (Å²) in [6.45, 7) is 2.01. The lowest BCUT2D eigenvalue weighted by Crippen LogP contribution is -2.03. The number of hydrogen-bond acceptors (Lipinski definition) is 4. The fraction of sp³-hybridized carbons (Fsp3) is 0.130. The van der Waals surface area contributed by atoms with Crippen molar-refractivity contribution in [2.75, 3.05) is 14.2 Å². The first-order chi connectivity index (χ1) is 13.2. The van der Waals surface area contributed by atoms with E-state index in [-0.39, 0.29) is 0 Å². The van der Waals surface area contributed by atoms with Crippen LogP contribution in [0.25, 0.3) is 0 Å². The van der Waals surface area contributed by atoms with Gasteiger partial charge in [0.25, 0.3) is 0 Å². The second-order valence-corrected chi connectivity index (χ2v) is 5.95. The monoisotopic (exact) mass is 358 g/mol. The number of ether oxygens (including phenoxy) is 2. The van der Waals surface area contributed by atoms with Crippen molar-refractivity contribution in [3.63, 3.8) is 0 Å². The highest BCUT2D eigenvalue weighted by atomic mass is 16.5. The smallest absolute Gasteiger partial charge is 0.221 e. The Kier molecular flexibility index (Phi) is 6.00. The van der Waals surface area contributed by atoms with Gasteiger partial charge in [-0.25, -0.2) is 9.98 Å². The maximum absolute atomic E-state index is 5.50. The number of benzene rings is 3. The van der Waals surface area contributed by atoms with E-state index in [1.165, 1.54) is 0 Å². The Bertz CT molecular complexity index is 949. The number of methoxy groups -OCH3 is 2. The molecule has 0 unspecified atom stereocenters. The lowest BCUT2D eigenvalue weighted by atomic mass is 10.1. The van der Waals surface area contributed by atoms with Gasteiger partial charge in [0, 0.05) is 11.1 Å². The van der Waals surface area contributed by atoms with Gasteiger partial charge in [-0.2, -0.15) is 0 Å². The molecule has 3 aromatic carbocycles. The fourth-order valence-electron chi connectivity index (χ4n) is 2.63. The Hall–Kier alpha value is -3.40. The molecule has 0 saturated carbocycles. The topological polar surface area (TPSA) is 43.2 Å². The van der Waals surface area contributed by atoms with Crippen molar-refractivity contribution in [1.29, 1.82) is 0 Å². The Labute approximate surface area is 159 Å². The Morgan fingerprint density at radius 3 is 1.70 bits per heavy atom. The summed E-state index contributed by atoms with van der Waals surface area (Å²) in [5.41, 5.74) is 4.46. The molecule has 3 rings (SSSR count). The maximum atomic E-state index is 5.50. The van der Waals surface area contributed by atoms with Crippen LogP contribution in [0, 0.1) is 6.92 Å². The summed E-state index contributed by atoms with van der Waals surface area (Å²) in [4.78, 5) is 9.34. The van der Waals surface area contributed by atoms with Crippen LogP contribution in [0.15, 0.2) is 88.8 Å². The number of rotatable bonds is 4. The zero-order chi connectivity index (χ0) is 19.1. The zero-order valence-electron chi connectivity index (χ0n) is 15.7. The van der Waals surface area contributed by atoms with Crippen molar-refractivity contribution in [3.8, 4) is 0 Å². The van der Waals surface area contributed by atoms with E-state index in [0.29, 0.717) is 11.8 Å². The molecule has 4 heteroatoms. The summed E-state index contributed by atoms with van der Waals surface area (Å²) in [6, 6.07) is 25.5. The SMILES string of the molecule is CO/C(=N\c1ccc(C)c(/N=C(\OC)c2ccccc2)c1)c1ccccc1. The van der Waals surface area contributed by atoms with Crippen molar-refractivity contribution in [1.82, 2.24) is 0 Å².